The predicted octanol–water partition coefficient (Wildman–Crippen LogP) is 1.62. The molecule has 0 bridgehead atoms. The van der Waals surface area contributed by atoms with Gasteiger partial charge in [-0.05, 0) is 0 Å². The monoisotopic (exact) mass is 271 g/mol. The van der Waals surface area contributed by atoms with Crippen molar-refractivity contribution in [3.05, 3.63) is 17.2 Å². The number of halogens is 1. The molecule has 0 aliphatic rings. The molecule has 4 N–H and O–H groups in total. The summed E-state index contributed by atoms with van der Waals surface area (Å²) in [5, 5.41) is 9.99. The summed E-state index contributed by atoms with van der Waals surface area (Å²) in [5.74, 6) is 0.186. The van der Waals surface area contributed by atoms with E-state index >= 15 is 0 Å². The number of hydrogen-bond acceptors (Lipinski definition) is 4. The maximum absolute atomic E-state index is 11.5. The number of rotatable bonds is 5. The van der Waals surface area contributed by atoms with Gasteiger partial charge in [-0.3, -0.25) is 10.2 Å². The Hall–Kier alpha value is -1.95. The lowest BCUT2D eigenvalue weighted by Crippen LogP contribution is -2.21. The fourth-order valence-electron chi connectivity index (χ4n) is 1.33. The number of ether oxygens (including phenoxy) is 2. The first-order valence-corrected chi connectivity index (χ1v) is 5.40. The number of benzene rings is 1. The van der Waals surface area contributed by atoms with Gasteiger partial charge >= 0.3 is 0 Å². The predicted molar refractivity (Wildman–Crippen MR) is 69.7 cm³/mol. The van der Waals surface area contributed by atoms with Crippen LogP contribution in [0.15, 0.2) is 12.1 Å². The number of nitrogens with two attached hydrogens (primary N) is 1. The summed E-state index contributed by atoms with van der Waals surface area (Å²) in [4.78, 5) is 11.5. The van der Waals surface area contributed by atoms with Crippen molar-refractivity contribution >= 4 is 29.0 Å². The van der Waals surface area contributed by atoms with Crippen LogP contribution < -0.4 is 20.5 Å². The Kier molecular flexibility index (Phi) is 4.79. The number of carbonyl (C=O) groups is 1. The SMILES string of the molecule is COc1cc(NC(=O)CC(=N)N)c(OC)cc1Cl. The highest BCUT2D eigenvalue weighted by Gasteiger charge is 2.12. The Morgan fingerprint density at radius 2 is 2.00 bits per heavy atom. The minimum absolute atomic E-state index is 0.186. The number of anilines is 1. The molecule has 1 aromatic rings. The van der Waals surface area contributed by atoms with Gasteiger partial charge in [0.2, 0.25) is 5.91 Å². The lowest BCUT2D eigenvalue weighted by molar-refractivity contribution is -0.115. The fraction of sp³-hybridized carbons (Fsp3) is 0.273. The van der Waals surface area contributed by atoms with Crippen LogP contribution in [0, 0.1) is 5.41 Å². The van der Waals surface area contributed by atoms with Gasteiger partial charge in [-0.1, -0.05) is 11.6 Å². The van der Waals surface area contributed by atoms with E-state index in [1.54, 1.807) is 6.07 Å². The van der Waals surface area contributed by atoms with Gasteiger partial charge in [-0.2, -0.15) is 0 Å². The second kappa shape index (κ2) is 6.11. The zero-order chi connectivity index (χ0) is 13.7. The van der Waals surface area contributed by atoms with Gasteiger partial charge in [0.15, 0.2) is 0 Å². The van der Waals surface area contributed by atoms with Crippen molar-refractivity contribution in [1.29, 1.82) is 5.41 Å². The molecule has 1 aromatic carbocycles. The van der Waals surface area contributed by atoms with E-state index in [4.69, 9.17) is 32.2 Å². The molecule has 0 heterocycles. The molecule has 18 heavy (non-hydrogen) atoms. The Labute approximate surface area is 110 Å². The normalized spacial score (nSPS) is 9.72. The van der Waals surface area contributed by atoms with Crippen molar-refractivity contribution < 1.29 is 14.3 Å². The average Bonchev–Trinajstić information content (AvgIpc) is 2.29. The fourth-order valence-corrected chi connectivity index (χ4v) is 1.56. The number of amidine groups is 1. The molecule has 98 valence electrons. The molecule has 0 saturated carbocycles. The summed E-state index contributed by atoms with van der Waals surface area (Å²) >= 11 is 5.93. The van der Waals surface area contributed by atoms with Crippen molar-refractivity contribution in [3.63, 3.8) is 0 Å². The van der Waals surface area contributed by atoms with Gasteiger partial charge in [0.05, 0.1) is 31.4 Å². The third-order valence-corrected chi connectivity index (χ3v) is 2.39. The Balaban J connectivity index is 2.99. The van der Waals surface area contributed by atoms with Crippen LogP contribution in [-0.2, 0) is 4.79 Å². The second-order valence-electron chi connectivity index (χ2n) is 3.44. The number of methoxy groups -OCH3 is 2. The number of nitrogens with one attached hydrogen (secondary N) is 2. The molecule has 1 amide bonds. The maximum Gasteiger partial charge on any atom is 0.232 e. The zero-order valence-electron chi connectivity index (χ0n) is 10.0. The average molecular weight is 272 g/mol. The van der Waals surface area contributed by atoms with Crippen LogP contribution in [-0.4, -0.2) is 26.0 Å². The minimum atomic E-state index is -0.412. The molecule has 0 spiro atoms. The van der Waals surface area contributed by atoms with Crippen molar-refractivity contribution in [1.82, 2.24) is 0 Å². The summed E-state index contributed by atoms with van der Waals surface area (Å²) < 4.78 is 10.1. The molecule has 0 atom stereocenters. The lowest BCUT2D eigenvalue weighted by Gasteiger charge is -2.12. The number of carbonyl (C=O) groups excluding carboxylic acids is 1. The molecule has 0 fully saturated rings. The van der Waals surface area contributed by atoms with E-state index in [1.165, 1.54) is 20.3 Å². The van der Waals surface area contributed by atoms with Gasteiger partial charge < -0.3 is 20.5 Å². The van der Waals surface area contributed by atoms with Gasteiger partial charge in [0.25, 0.3) is 0 Å². The van der Waals surface area contributed by atoms with E-state index in [0.29, 0.717) is 22.2 Å². The van der Waals surface area contributed by atoms with Crippen molar-refractivity contribution in [2.75, 3.05) is 19.5 Å². The molecule has 0 aliphatic carbocycles. The van der Waals surface area contributed by atoms with Gasteiger partial charge in [-0.25, -0.2) is 0 Å². The Morgan fingerprint density at radius 1 is 1.39 bits per heavy atom. The van der Waals surface area contributed by atoms with E-state index in [-0.39, 0.29) is 12.3 Å². The zero-order valence-corrected chi connectivity index (χ0v) is 10.8. The summed E-state index contributed by atoms with van der Waals surface area (Å²) in [6, 6.07) is 3.07. The highest BCUT2D eigenvalue weighted by molar-refractivity contribution is 6.32. The smallest absolute Gasteiger partial charge is 0.232 e. The van der Waals surface area contributed by atoms with Gasteiger partial charge in [0, 0.05) is 12.1 Å². The van der Waals surface area contributed by atoms with Crippen LogP contribution in [0.25, 0.3) is 0 Å². The maximum atomic E-state index is 11.5. The Morgan fingerprint density at radius 3 is 2.50 bits per heavy atom. The van der Waals surface area contributed by atoms with Gasteiger partial charge in [0.1, 0.15) is 17.3 Å². The molecule has 0 aromatic heterocycles. The van der Waals surface area contributed by atoms with Crippen LogP contribution >= 0.6 is 11.6 Å². The second-order valence-corrected chi connectivity index (χ2v) is 3.84. The first-order valence-electron chi connectivity index (χ1n) is 5.02. The van der Waals surface area contributed by atoms with E-state index in [0.717, 1.165) is 0 Å². The Bertz CT molecular complexity index is 477. The van der Waals surface area contributed by atoms with Crippen molar-refractivity contribution in [3.8, 4) is 11.5 Å². The summed E-state index contributed by atoms with van der Waals surface area (Å²) in [5.41, 5.74) is 5.55. The molecule has 1 rings (SSSR count). The molecule has 0 unspecified atom stereocenters. The van der Waals surface area contributed by atoms with E-state index in [2.05, 4.69) is 5.32 Å². The quantitative estimate of drug-likeness (QED) is 0.560. The van der Waals surface area contributed by atoms with Crippen LogP contribution in [0.1, 0.15) is 6.42 Å². The largest absolute Gasteiger partial charge is 0.495 e. The lowest BCUT2D eigenvalue weighted by atomic mass is 10.2. The van der Waals surface area contributed by atoms with Crippen LogP contribution in [0.4, 0.5) is 5.69 Å². The molecule has 0 saturated heterocycles. The highest BCUT2D eigenvalue weighted by atomic mass is 35.5. The van der Waals surface area contributed by atoms with E-state index in [1.807, 2.05) is 0 Å². The summed E-state index contributed by atoms with van der Waals surface area (Å²) in [6.07, 6.45) is -0.186. The third kappa shape index (κ3) is 3.53. The van der Waals surface area contributed by atoms with E-state index in [9.17, 15) is 4.79 Å². The molecular formula is C11H14ClN3O3. The minimum Gasteiger partial charge on any atom is -0.495 e. The molecule has 6 nitrogen and oxygen atoms in total. The third-order valence-electron chi connectivity index (χ3n) is 2.10. The van der Waals surface area contributed by atoms with Crippen molar-refractivity contribution in [2.24, 2.45) is 5.73 Å². The molecule has 0 radical (unpaired) electrons. The molecule has 0 aliphatic heterocycles. The van der Waals surface area contributed by atoms with Crippen LogP contribution in [0.3, 0.4) is 0 Å². The molecule has 7 heteroatoms. The highest BCUT2D eigenvalue weighted by Crippen LogP contribution is 2.35. The van der Waals surface area contributed by atoms with E-state index < -0.39 is 5.91 Å². The summed E-state index contributed by atoms with van der Waals surface area (Å²) in [6.45, 7) is 0. The topological polar surface area (TPSA) is 97.4 Å². The van der Waals surface area contributed by atoms with Crippen LogP contribution in [0.5, 0.6) is 11.5 Å². The van der Waals surface area contributed by atoms with Crippen LogP contribution in [0.2, 0.25) is 5.02 Å². The van der Waals surface area contributed by atoms with Gasteiger partial charge in [-0.15, -0.1) is 0 Å². The molecular weight excluding hydrogens is 258 g/mol. The first kappa shape index (κ1) is 14.1. The number of amides is 1. The number of hydrogen-bond donors (Lipinski definition) is 3. The van der Waals surface area contributed by atoms with Crippen molar-refractivity contribution in [2.45, 2.75) is 6.42 Å². The summed E-state index contributed by atoms with van der Waals surface area (Å²) in [7, 11) is 2.92. The first-order chi connectivity index (χ1) is 8.47. The standard InChI is InChI=1S/C11H14ClN3O3/c1-17-8-4-7(9(18-2)3-6(8)12)15-11(16)5-10(13)14/h3-4H,5H2,1-2H3,(H3,13,14)(H,15,16).